The molecular formula is C19H23N5O3. The molecule has 27 heavy (non-hydrogen) atoms. The predicted octanol–water partition coefficient (Wildman–Crippen LogP) is 1.72. The average Bonchev–Trinajstić information content (AvgIpc) is 3.10. The highest BCUT2D eigenvalue weighted by Crippen LogP contribution is 2.30. The van der Waals surface area contributed by atoms with E-state index in [4.69, 9.17) is 4.74 Å². The number of amides is 2. The monoisotopic (exact) mass is 369 g/mol. The Morgan fingerprint density at radius 1 is 1.37 bits per heavy atom. The number of nitrogens with zero attached hydrogens (tertiary/aromatic N) is 4. The molecule has 3 heterocycles. The highest BCUT2D eigenvalue weighted by molar-refractivity contribution is 6.02. The van der Waals surface area contributed by atoms with Gasteiger partial charge in [0.25, 0.3) is 11.8 Å². The zero-order valence-corrected chi connectivity index (χ0v) is 15.5. The summed E-state index contributed by atoms with van der Waals surface area (Å²) < 4.78 is 7.60. The highest BCUT2D eigenvalue weighted by Gasteiger charge is 2.32. The summed E-state index contributed by atoms with van der Waals surface area (Å²) in [6.07, 6.45) is 3.87. The molecule has 0 radical (unpaired) electrons. The molecule has 0 aliphatic carbocycles. The molecule has 2 atom stereocenters. The molecule has 1 N–H and O–H groups in total. The number of anilines is 1. The zero-order chi connectivity index (χ0) is 19.0. The number of likely N-dealkylation sites (N-methyl/N-ethyl adjacent to an activating group) is 1. The van der Waals surface area contributed by atoms with Gasteiger partial charge in [0.1, 0.15) is 24.2 Å². The van der Waals surface area contributed by atoms with Crippen LogP contribution >= 0.6 is 0 Å². The van der Waals surface area contributed by atoms with Crippen LogP contribution < -0.4 is 15.0 Å². The Labute approximate surface area is 157 Å². The van der Waals surface area contributed by atoms with Crippen molar-refractivity contribution < 1.29 is 14.3 Å². The average molecular weight is 369 g/mol. The third-order valence-corrected chi connectivity index (χ3v) is 5.23. The van der Waals surface area contributed by atoms with Crippen molar-refractivity contribution in [3.8, 4) is 5.75 Å². The fourth-order valence-corrected chi connectivity index (χ4v) is 3.69. The molecule has 8 nitrogen and oxygen atoms in total. The number of aryl methyl sites for hydroxylation is 1. The predicted molar refractivity (Wildman–Crippen MR) is 98.9 cm³/mol. The van der Waals surface area contributed by atoms with Gasteiger partial charge in [-0.2, -0.15) is 0 Å². The van der Waals surface area contributed by atoms with Crippen molar-refractivity contribution in [2.75, 3.05) is 18.6 Å². The fraction of sp³-hybridized carbons (Fsp3) is 0.474. The summed E-state index contributed by atoms with van der Waals surface area (Å²) >= 11 is 0. The minimum atomic E-state index is -0.794. The third kappa shape index (κ3) is 3.15. The number of hydrogen-bond donors (Lipinski definition) is 1. The van der Waals surface area contributed by atoms with Crippen LogP contribution in [0.3, 0.4) is 0 Å². The smallest absolute Gasteiger partial charge is 0.291 e. The van der Waals surface area contributed by atoms with Crippen LogP contribution in [0.25, 0.3) is 0 Å². The van der Waals surface area contributed by atoms with Gasteiger partial charge < -0.3 is 15.0 Å². The van der Waals surface area contributed by atoms with Gasteiger partial charge in [-0.3, -0.25) is 9.59 Å². The quantitative estimate of drug-likeness (QED) is 0.890. The lowest BCUT2D eigenvalue weighted by atomic mass is 10.0. The van der Waals surface area contributed by atoms with Crippen LogP contribution in [-0.2, 0) is 11.2 Å². The summed E-state index contributed by atoms with van der Waals surface area (Å²) in [5.74, 6) is 0.886. The van der Waals surface area contributed by atoms with Gasteiger partial charge in [-0.25, -0.2) is 9.67 Å². The van der Waals surface area contributed by atoms with Gasteiger partial charge >= 0.3 is 0 Å². The second-order valence-electron chi connectivity index (χ2n) is 6.95. The second kappa shape index (κ2) is 7.02. The second-order valence-corrected chi connectivity index (χ2v) is 6.95. The molecule has 8 heteroatoms. The van der Waals surface area contributed by atoms with Crippen LogP contribution in [0.1, 0.15) is 48.7 Å². The molecule has 2 aromatic rings. The van der Waals surface area contributed by atoms with Gasteiger partial charge in [0.05, 0.1) is 11.7 Å². The van der Waals surface area contributed by atoms with E-state index in [1.807, 2.05) is 22.9 Å². The standard InChI is InChI=1S/C19H23N5O3/c1-3-12-7-6-10-16-21-17(22-24(12)16)18(25)20-13-11-27-15-9-5-4-8-14(15)23(2)19(13)26/h4-5,8-9,12-13H,3,6-7,10-11H2,1-2H3,(H,20,25)/t12-,13+/m1/s1. The van der Waals surface area contributed by atoms with Crippen molar-refractivity contribution in [3.63, 3.8) is 0 Å². The first-order chi connectivity index (χ1) is 13.1. The number of hydrogen-bond acceptors (Lipinski definition) is 5. The molecule has 2 amide bonds. The SMILES string of the molecule is CC[C@@H]1CCCc2nc(C(=O)N[C@H]3COc4ccccc4N(C)C3=O)nn21. The Hall–Kier alpha value is -2.90. The van der Waals surface area contributed by atoms with Crippen LogP contribution in [0.5, 0.6) is 5.75 Å². The van der Waals surface area contributed by atoms with Gasteiger partial charge in [-0.15, -0.1) is 5.10 Å². The van der Waals surface area contributed by atoms with E-state index in [1.54, 1.807) is 13.1 Å². The Bertz CT molecular complexity index is 878. The van der Waals surface area contributed by atoms with E-state index in [2.05, 4.69) is 22.3 Å². The first-order valence-electron chi connectivity index (χ1n) is 9.34. The first kappa shape index (κ1) is 17.5. The number of benzene rings is 1. The number of rotatable bonds is 3. The van der Waals surface area contributed by atoms with Crippen molar-refractivity contribution in [3.05, 3.63) is 35.9 Å². The zero-order valence-electron chi connectivity index (χ0n) is 15.5. The first-order valence-corrected chi connectivity index (χ1v) is 9.34. The summed E-state index contributed by atoms with van der Waals surface area (Å²) in [6, 6.07) is 6.80. The maximum absolute atomic E-state index is 12.8. The normalized spacial score (nSPS) is 21.7. The van der Waals surface area contributed by atoms with Gasteiger partial charge in [-0.05, 0) is 31.4 Å². The number of carbonyl (C=O) groups is 2. The lowest BCUT2D eigenvalue weighted by molar-refractivity contribution is -0.120. The molecule has 2 aliphatic heterocycles. The van der Waals surface area contributed by atoms with E-state index in [1.165, 1.54) is 4.90 Å². The number of aromatic nitrogens is 3. The number of ether oxygens (including phenoxy) is 1. The highest BCUT2D eigenvalue weighted by atomic mass is 16.5. The Kier molecular flexibility index (Phi) is 4.55. The van der Waals surface area contributed by atoms with Gasteiger partial charge in [0, 0.05) is 13.5 Å². The molecule has 0 unspecified atom stereocenters. The summed E-state index contributed by atoms with van der Waals surface area (Å²) in [6.45, 7) is 2.17. The molecule has 0 fully saturated rings. The molecule has 1 aromatic heterocycles. The minimum absolute atomic E-state index is 0.0665. The van der Waals surface area contributed by atoms with E-state index in [-0.39, 0.29) is 24.4 Å². The van der Waals surface area contributed by atoms with Gasteiger partial charge in [0.2, 0.25) is 5.82 Å². The van der Waals surface area contributed by atoms with Crippen molar-refractivity contribution >= 4 is 17.5 Å². The van der Waals surface area contributed by atoms with E-state index >= 15 is 0 Å². The van der Waals surface area contributed by atoms with Crippen molar-refractivity contribution in [2.24, 2.45) is 0 Å². The lowest BCUT2D eigenvalue weighted by Crippen LogP contribution is -2.49. The molecular weight excluding hydrogens is 346 g/mol. The molecule has 1 aromatic carbocycles. The van der Waals surface area contributed by atoms with Gasteiger partial charge in [0.15, 0.2) is 0 Å². The van der Waals surface area contributed by atoms with Crippen LogP contribution in [0.15, 0.2) is 24.3 Å². The van der Waals surface area contributed by atoms with E-state index < -0.39 is 11.9 Å². The lowest BCUT2D eigenvalue weighted by Gasteiger charge is -2.21. The van der Waals surface area contributed by atoms with Crippen molar-refractivity contribution in [2.45, 2.75) is 44.7 Å². The van der Waals surface area contributed by atoms with Gasteiger partial charge in [-0.1, -0.05) is 19.1 Å². The number of fused-ring (bicyclic) bond motifs is 2. The van der Waals surface area contributed by atoms with E-state index in [0.29, 0.717) is 11.4 Å². The topological polar surface area (TPSA) is 89.3 Å². The van der Waals surface area contributed by atoms with Crippen LogP contribution in [-0.4, -0.2) is 46.3 Å². The summed E-state index contributed by atoms with van der Waals surface area (Å²) in [5, 5.41) is 7.14. The fourth-order valence-electron chi connectivity index (χ4n) is 3.69. The maximum Gasteiger partial charge on any atom is 0.291 e. The minimum Gasteiger partial charge on any atom is -0.489 e. The van der Waals surface area contributed by atoms with E-state index in [9.17, 15) is 9.59 Å². The maximum atomic E-state index is 12.8. The van der Waals surface area contributed by atoms with Crippen LogP contribution in [0, 0.1) is 0 Å². The largest absolute Gasteiger partial charge is 0.489 e. The van der Waals surface area contributed by atoms with Crippen molar-refractivity contribution in [1.29, 1.82) is 0 Å². The number of carbonyl (C=O) groups excluding carboxylic acids is 2. The Morgan fingerprint density at radius 3 is 3.00 bits per heavy atom. The third-order valence-electron chi connectivity index (χ3n) is 5.23. The molecule has 142 valence electrons. The summed E-state index contributed by atoms with van der Waals surface area (Å²) in [5.41, 5.74) is 0.681. The number of para-hydroxylation sites is 2. The Morgan fingerprint density at radius 2 is 2.19 bits per heavy atom. The molecule has 0 saturated carbocycles. The molecule has 0 spiro atoms. The molecule has 0 saturated heterocycles. The number of nitrogens with one attached hydrogen (secondary N) is 1. The van der Waals surface area contributed by atoms with Crippen LogP contribution in [0.2, 0.25) is 0 Å². The molecule has 2 aliphatic rings. The van der Waals surface area contributed by atoms with E-state index in [0.717, 1.165) is 31.5 Å². The molecule has 4 rings (SSSR count). The summed E-state index contributed by atoms with van der Waals surface area (Å²) in [7, 11) is 1.68. The molecule has 0 bridgehead atoms. The Balaban J connectivity index is 1.52. The van der Waals surface area contributed by atoms with Crippen molar-refractivity contribution in [1.82, 2.24) is 20.1 Å². The summed E-state index contributed by atoms with van der Waals surface area (Å²) in [4.78, 5) is 31.3. The van der Waals surface area contributed by atoms with Crippen LogP contribution in [0.4, 0.5) is 5.69 Å².